The molecule has 0 amide bonds. The van der Waals surface area contributed by atoms with Gasteiger partial charge in [-0.05, 0) is 39.0 Å². The van der Waals surface area contributed by atoms with E-state index in [9.17, 15) is 17.6 Å². The van der Waals surface area contributed by atoms with Crippen LogP contribution in [0.1, 0.15) is 26.3 Å². The second kappa shape index (κ2) is 5.68. The number of hydrogen-bond donors (Lipinski definition) is 0. The minimum absolute atomic E-state index is 0.0419. The van der Waals surface area contributed by atoms with E-state index in [-0.39, 0.29) is 17.2 Å². The molecule has 132 valence electrons. The third kappa shape index (κ3) is 3.26. The van der Waals surface area contributed by atoms with Crippen LogP contribution in [-0.2, 0) is 11.7 Å². The van der Waals surface area contributed by atoms with Crippen molar-refractivity contribution in [1.82, 2.24) is 19.7 Å². The van der Waals surface area contributed by atoms with Gasteiger partial charge < -0.3 is 4.74 Å². The minimum Gasteiger partial charge on any atom is -0.438 e. The van der Waals surface area contributed by atoms with Gasteiger partial charge in [-0.15, -0.1) is 0 Å². The molecule has 0 unspecified atom stereocenters. The highest BCUT2D eigenvalue weighted by molar-refractivity contribution is 5.80. The van der Waals surface area contributed by atoms with E-state index in [1.54, 1.807) is 4.68 Å². The number of aromatic nitrogens is 4. The van der Waals surface area contributed by atoms with E-state index in [0.29, 0.717) is 23.2 Å². The van der Waals surface area contributed by atoms with Crippen molar-refractivity contribution >= 4 is 11.0 Å². The molecule has 0 saturated heterocycles. The molecular weight excluding hydrogens is 340 g/mol. The van der Waals surface area contributed by atoms with E-state index in [2.05, 4.69) is 15.1 Å². The lowest BCUT2D eigenvalue weighted by atomic mass is 10.1. The molecular formula is C16H14F4N4O. The first kappa shape index (κ1) is 17.1. The van der Waals surface area contributed by atoms with Crippen LogP contribution in [0.5, 0.6) is 11.6 Å². The van der Waals surface area contributed by atoms with Crippen LogP contribution in [0.4, 0.5) is 17.6 Å². The molecule has 1 aromatic carbocycles. The topological polar surface area (TPSA) is 52.8 Å². The second-order valence-electron chi connectivity index (χ2n) is 6.38. The molecule has 9 heteroatoms. The van der Waals surface area contributed by atoms with Crippen LogP contribution in [0, 0.1) is 5.82 Å². The number of fused-ring (bicyclic) bond motifs is 1. The van der Waals surface area contributed by atoms with E-state index in [1.807, 2.05) is 20.8 Å². The van der Waals surface area contributed by atoms with Gasteiger partial charge in [0.1, 0.15) is 23.3 Å². The monoisotopic (exact) mass is 354 g/mol. The van der Waals surface area contributed by atoms with Crippen molar-refractivity contribution in [2.24, 2.45) is 0 Å². The number of benzene rings is 1. The molecule has 0 aliphatic rings. The third-order valence-electron chi connectivity index (χ3n) is 3.42. The number of ether oxygens (including phenoxy) is 1. The lowest BCUT2D eigenvalue weighted by Gasteiger charge is -2.19. The summed E-state index contributed by atoms with van der Waals surface area (Å²) in [4.78, 5) is 8.10. The van der Waals surface area contributed by atoms with Crippen molar-refractivity contribution in [3.63, 3.8) is 0 Å². The number of alkyl halides is 3. The lowest BCUT2D eigenvalue weighted by molar-refractivity contribution is -0.140. The Labute approximate surface area is 140 Å². The molecule has 2 heterocycles. The van der Waals surface area contributed by atoms with Crippen LogP contribution in [0.15, 0.2) is 30.7 Å². The molecule has 0 radical (unpaired) electrons. The van der Waals surface area contributed by atoms with E-state index in [0.717, 1.165) is 6.07 Å². The molecule has 0 aliphatic heterocycles. The van der Waals surface area contributed by atoms with Gasteiger partial charge in [0.25, 0.3) is 0 Å². The van der Waals surface area contributed by atoms with Crippen LogP contribution < -0.4 is 4.74 Å². The van der Waals surface area contributed by atoms with Crippen molar-refractivity contribution < 1.29 is 22.3 Å². The summed E-state index contributed by atoms with van der Waals surface area (Å²) >= 11 is 0. The first-order valence-electron chi connectivity index (χ1n) is 7.31. The highest BCUT2D eigenvalue weighted by Gasteiger charge is 2.34. The van der Waals surface area contributed by atoms with Crippen LogP contribution in [0.2, 0.25) is 0 Å². The number of halogens is 4. The van der Waals surface area contributed by atoms with Gasteiger partial charge in [0.05, 0.1) is 17.3 Å². The van der Waals surface area contributed by atoms with E-state index >= 15 is 0 Å². The average Bonchev–Trinajstić information content (AvgIpc) is 2.93. The largest absolute Gasteiger partial charge is 0.438 e. The normalized spacial score (nSPS) is 12.6. The van der Waals surface area contributed by atoms with Gasteiger partial charge in [-0.2, -0.15) is 18.3 Å². The molecule has 3 aromatic rings. The summed E-state index contributed by atoms with van der Waals surface area (Å²) in [6, 6.07) is 2.40. The summed E-state index contributed by atoms with van der Waals surface area (Å²) in [7, 11) is 0. The number of rotatable bonds is 2. The van der Waals surface area contributed by atoms with Crippen molar-refractivity contribution in [2.45, 2.75) is 32.5 Å². The van der Waals surface area contributed by atoms with Crippen LogP contribution >= 0.6 is 0 Å². The maximum absolute atomic E-state index is 13.4. The minimum atomic E-state index is -4.82. The zero-order valence-electron chi connectivity index (χ0n) is 13.6. The molecule has 0 aliphatic carbocycles. The molecule has 3 rings (SSSR count). The van der Waals surface area contributed by atoms with Crippen molar-refractivity contribution in [2.75, 3.05) is 0 Å². The van der Waals surface area contributed by atoms with Gasteiger partial charge in [0.2, 0.25) is 5.88 Å². The molecule has 0 spiro atoms. The SMILES string of the molecule is CC(C)(C)n1ncc2c(Oc3ccc(F)c(C(F)(F)F)c3)ncnc21. The molecule has 0 fully saturated rings. The summed E-state index contributed by atoms with van der Waals surface area (Å²) in [6.45, 7) is 5.78. The summed E-state index contributed by atoms with van der Waals surface area (Å²) in [6.07, 6.45) is -2.11. The summed E-state index contributed by atoms with van der Waals surface area (Å²) in [5.41, 5.74) is -1.27. The number of hydrogen-bond acceptors (Lipinski definition) is 4. The fraction of sp³-hybridized carbons (Fsp3) is 0.312. The van der Waals surface area contributed by atoms with Gasteiger partial charge >= 0.3 is 6.18 Å². The predicted octanol–water partition coefficient (Wildman–Crippen LogP) is 4.53. The van der Waals surface area contributed by atoms with E-state index in [4.69, 9.17) is 4.74 Å². The standard InChI is InChI=1S/C16H14F4N4O/c1-15(2,3)24-13-10(7-23-24)14(22-8-21-13)25-9-4-5-12(17)11(6-9)16(18,19)20/h4-8H,1-3H3. The Hall–Kier alpha value is -2.71. The summed E-state index contributed by atoms with van der Waals surface area (Å²) < 4.78 is 58.9. The Kier molecular flexibility index (Phi) is 3.89. The van der Waals surface area contributed by atoms with Crippen LogP contribution in [0.25, 0.3) is 11.0 Å². The van der Waals surface area contributed by atoms with Crippen molar-refractivity contribution in [1.29, 1.82) is 0 Å². The second-order valence-corrected chi connectivity index (χ2v) is 6.38. The van der Waals surface area contributed by atoms with Gasteiger partial charge in [-0.3, -0.25) is 0 Å². The number of nitrogens with zero attached hydrogens (tertiary/aromatic N) is 4. The van der Waals surface area contributed by atoms with Gasteiger partial charge in [0.15, 0.2) is 5.65 Å². The zero-order valence-corrected chi connectivity index (χ0v) is 13.6. The Balaban J connectivity index is 2.04. The zero-order chi connectivity index (χ0) is 18.4. The molecule has 5 nitrogen and oxygen atoms in total. The van der Waals surface area contributed by atoms with Crippen LogP contribution in [0.3, 0.4) is 0 Å². The molecule has 2 aromatic heterocycles. The Morgan fingerprint density at radius 3 is 2.44 bits per heavy atom. The van der Waals surface area contributed by atoms with E-state index < -0.39 is 17.6 Å². The average molecular weight is 354 g/mol. The molecule has 0 N–H and O–H groups in total. The van der Waals surface area contributed by atoms with E-state index in [1.165, 1.54) is 12.5 Å². The Morgan fingerprint density at radius 2 is 1.80 bits per heavy atom. The third-order valence-corrected chi connectivity index (χ3v) is 3.42. The smallest absolute Gasteiger partial charge is 0.419 e. The fourth-order valence-corrected chi connectivity index (χ4v) is 2.29. The summed E-state index contributed by atoms with van der Waals surface area (Å²) in [5, 5.41) is 4.67. The molecule has 0 bridgehead atoms. The maximum atomic E-state index is 13.4. The Bertz CT molecular complexity index is 928. The molecule has 0 saturated carbocycles. The molecule has 0 atom stereocenters. The lowest BCUT2D eigenvalue weighted by Crippen LogP contribution is -2.23. The fourth-order valence-electron chi connectivity index (χ4n) is 2.29. The van der Waals surface area contributed by atoms with Gasteiger partial charge in [0, 0.05) is 0 Å². The highest BCUT2D eigenvalue weighted by atomic mass is 19.4. The predicted molar refractivity (Wildman–Crippen MR) is 81.8 cm³/mol. The van der Waals surface area contributed by atoms with Gasteiger partial charge in [-0.1, -0.05) is 0 Å². The van der Waals surface area contributed by atoms with Crippen LogP contribution in [-0.4, -0.2) is 19.7 Å². The van der Waals surface area contributed by atoms with Crippen molar-refractivity contribution in [3.05, 3.63) is 42.1 Å². The highest BCUT2D eigenvalue weighted by Crippen LogP contribution is 2.35. The Morgan fingerprint density at radius 1 is 1.08 bits per heavy atom. The maximum Gasteiger partial charge on any atom is 0.419 e. The first-order valence-corrected chi connectivity index (χ1v) is 7.31. The van der Waals surface area contributed by atoms with Crippen molar-refractivity contribution in [3.8, 4) is 11.6 Å². The summed E-state index contributed by atoms with van der Waals surface area (Å²) in [5.74, 6) is -1.51. The molecule has 25 heavy (non-hydrogen) atoms. The first-order chi connectivity index (χ1) is 11.6. The van der Waals surface area contributed by atoms with Gasteiger partial charge in [-0.25, -0.2) is 19.0 Å². The quantitative estimate of drug-likeness (QED) is 0.635.